The Bertz CT molecular complexity index is 1280. The molecule has 1 saturated carbocycles. The van der Waals surface area contributed by atoms with Crippen molar-refractivity contribution in [1.82, 2.24) is 25.6 Å². The summed E-state index contributed by atoms with van der Waals surface area (Å²) >= 11 is 0. The molecule has 1 aromatic carbocycles. The average Bonchev–Trinajstić information content (AvgIpc) is 3.57. The van der Waals surface area contributed by atoms with Crippen LogP contribution in [0.3, 0.4) is 0 Å². The van der Waals surface area contributed by atoms with Crippen LogP contribution < -0.4 is 16.0 Å². The molecule has 0 bridgehead atoms. The molecular formula is C29H30N6. The van der Waals surface area contributed by atoms with Crippen LogP contribution in [-0.2, 0) is 6.54 Å². The first-order chi connectivity index (χ1) is 17.3. The Balaban J connectivity index is 1.26. The fourth-order valence-corrected chi connectivity index (χ4v) is 4.52. The Morgan fingerprint density at radius 3 is 2.40 bits per heavy atom. The topological polar surface area (TPSA) is 74.8 Å². The maximum Gasteiger partial charge on any atom is 0.127 e. The summed E-state index contributed by atoms with van der Waals surface area (Å²) in [5.74, 6) is 0.894. The van der Waals surface area contributed by atoms with Gasteiger partial charge in [0.05, 0.1) is 11.4 Å². The Morgan fingerprint density at radius 2 is 1.66 bits per heavy atom. The van der Waals surface area contributed by atoms with Gasteiger partial charge in [0, 0.05) is 54.9 Å². The third-order valence-corrected chi connectivity index (χ3v) is 6.70. The van der Waals surface area contributed by atoms with Crippen LogP contribution >= 0.6 is 0 Å². The van der Waals surface area contributed by atoms with Gasteiger partial charge in [0.25, 0.3) is 0 Å². The number of pyridine rings is 3. The monoisotopic (exact) mass is 462 g/mol. The number of nitrogens with one attached hydrogen (secondary N) is 3. The maximum atomic E-state index is 4.84. The molecular weight excluding hydrogens is 432 g/mol. The van der Waals surface area contributed by atoms with Crippen LogP contribution in [0.4, 0.5) is 5.82 Å². The van der Waals surface area contributed by atoms with Crippen molar-refractivity contribution in [3.05, 3.63) is 84.8 Å². The molecule has 35 heavy (non-hydrogen) atoms. The van der Waals surface area contributed by atoms with Crippen molar-refractivity contribution in [2.45, 2.75) is 37.9 Å². The molecule has 0 spiro atoms. The van der Waals surface area contributed by atoms with Gasteiger partial charge >= 0.3 is 0 Å². The first-order valence-corrected chi connectivity index (χ1v) is 12.5. The number of rotatable bonds is 8. The van der Waals surface area contributed by atoms with Crippen LogP contribution in [0.5, 0.6) is 0 Å². The van der Waals surface area contributed by atoms with Gasteiger partial charge in [-0.1, -0.05) is 30.3 Å². The number of benzene rings is 1. The molecule has 1 atom stereocenters. The van der Waals surface area contributed by atoms with E-state index in [0.29, 0.717) is 12.1 Å². The largest absolute Gasteiger partial charge is 0.367 e. The van der Waals surface area contributed by atoms with Crippen molar-refractivity contribution >= 4 is 5.82 Å². The van der Waals surface area contributed by atoms with Crippen molar-refractivity contribution < 1.29 is 0 Å². The first kappa shape index (κ1) is 21.9. The van der Waals surface area contributed by atoms with Crippen molar-refractivity contribution in [1.29, 1.82) is 0 Å². The highest BCUT2D eigenvalue weighted by Gasteiger charge is 2.22. The summed E-state index contributed by atoms with van der Waals surface area (Å²) < 4.78 is 0. The van der Waals surface area contributed by atoms with Gasteiger partial charge < -0.3 is 16.0 Å². The van der Waals surface area contributed by atoms with E-state index in [1.165, 1.54) is 30.4 Å². The Kier molecular flexibility index (Phi) is 6.22. The van der Waals surface area contributed by atoms with Crippen molar-refractivity contribution in [2.24, 2.45) is 0 Å². The van der Waals surface area contributed by atoms with Crippen molar-refractivity contribution in [3.8, 4) is 33.6 Å². The van der Waals surface area contributed by atoms with Gasteiger partial charge in [0.1, 0.15) is 5.82 Å². The van der Waals surface area contributed by atoms with E-state index in [9.17, 15) is 0 Å². The van der Waals surface area contributed by atoms with E-state index < -0.39 is 0 Å². The average molecular weight is 463 g/mol. The second-order valence-electron chi connectivity index (χ2n) is 9.49. The smallest absolute Gasteiger partial charge is 0.127 e. The minimum atomic E-state index is 0.525. The summed E-state index contributed by atoms with van der Waals surface area (Å²) in [6.45, 7) is 3.07. The Morgan fingerprint density at radius 1 is 0.800 bits per heavy atom. The van der Waals surface area contributed by atoms with E-state index in [0.717, 1.165) is 53.5 Å². The van der Waals surface area contributed by atoms with Crippen LogP contribution in [0, 0.1) is 0 Å². The lowest BCUT2D eigenvalue weighted by atomic mass is 10.0. The molecule has 1 aliphatic heterocycles. The summed E-state index contributed by atoms with van der Waals surface area (Å²) in [7, 11) is 0. The van der Waals surface area contributed by atoms with Gasteiger partial charge in [-0.05, 0) is 72.8 Å². The van der Waals surface area contributed by atoms with Crippen LogP contribution in [0.15, 0.2) is 79.3 Å². The third-order valence-electron chi connectivity index (χ3n) is 6.70. The summed E-state index contributed by atoms with van der Waals surface area (Å²) in [6, 6.07) is 22.3. The van der Waals surface area contributed by atoms with Gasteiger partial charge in [-0.25, -0.2) is 4.98 Å². The molecule has 0 radical (unpaired) electrons. The highest BCUT2D eigenvalue weighted by molar-refractivity contribution is 5.76. The molecule has 1 aliphatic carbocycles. The van der Waals surface area contributed by atoms with Crippen LogP contribution in [0.2, 0.25) is 0 Å². The van der Waals surface area contributed by atoms with Gasteiger partial charge in [0.2, 0.25) is 0 Å². The number of hydrogen-bond donors (Lipinski definition) is 3. The lowest BCUT2D eigenvalue weighted by Crippen LogP contribution is -2.30. The van der Waals surface area contributed by atoms with E-state index in [4.69, 9.17) is 4.98 Å². The number of anilines is 1. The minimum Gasteiger partial charge on any atom is -0.367 e. The summed E-state index contributed by atoms with van der Waals surface area (Å²) in [5, 5.41) is 10.6. The highest BCUT2D eigenvalue weighted by Crippen LogP contribution is 2.31. The molecule has 3 aromatic heterocycles. The Hall–Kier alpha value is -3.61. The van der Waals surface area contributed by atoms with E-state index in [2.05, 4.69) is 68.4 Å². The van der Waals surface area contributed by atoms with E-state index >= 15 is 0 Å². The molecule has 1 saturated heterocycles. The molecule has 176 valence electrons. The zero-order valence-electron chi connectivity index (χ0n) is 19.7. The Labute approximate surface area is 206 Å². The van der Waals surface area contributed by atoms with Crippen LogP contribution in [0.1, 0.15) is 24.8 Å². The van der Waals surface area contributed by atoms with Gasteiger partial charge in [-0.2, -0.15) is 0 Å². The van der Waals surface area contributed by atoms with E-state index in [1.807, 2.05) is 36.8 Å². The SMILES string of the molecule is c1ccc(-c2cc(-c3cncc(-c4ccc(CNC5CCNC5)cc4)c3)cc(NC3CC3)n2)nc1. The molecule has 6 rings (SSSR count). The van der Waals surface area contributed by atoms with Crippen molar-refractivity contribution in [2.75, 3.05) is 18.4 Å². The fourth-order valence-electron chi connectivity index (χ4n) is 4.52. The molecule has 1 unspecified atom stereocenters. The van der Waals surface area contributed by atoms with Crippen molar-refractivity contribution in [3.63, 3.8) is 0 Å². The van der Waals surface area contributed by atoms with Crippen LogP contribution in [0.25, 0.3) is 33.6 Å². The molecule has 2 fully saturated rings. The summed E-state index contributed by atoms with van der Waals surface area (Å²) in [4.78, 5) is 13.9. The summed E-state index contributed by atoms with van der Waals surface area (Å²) in [5.41, 5.74) is 7.47. The van der Waals surface area contributed by atoms with Crippen LogP contribution in [-0.4, -0.2) is 40.1 Å². The molecule has 2 aliphatic rings. The normalized spacial score (nSPS) is 17.4. The number of hydrogen-bond acceptors (Lipinski definition) is 6. The van der Waals surface area contributed by atoms with E-state index in [-0.39, 0.29) is 0 Å². The maximum absolute atomic E-state index is 4.84. The predicted octanol–water partition coefficient (Wildman–Crippen LogP) is 4.90. The van der Waals surface area contributed by atoms with Gasteiger partial charge in [-0.3, -0.25) is 9.97 Å². The quantitative estimate of drug-likeness (QED) is 0.346. The lowest BCUT2D eigenvalue weighted by Gasteiger charge is -2.12. The zero-order valence-corrected chi connectivity index (χ0v) is 19.7. The van der Waals surface area contributed by atoms with E-state index in [1.54, 1.807) is 0 Å². The first-order valence-electron chi connectivity index (χ1n) is 12.5. The third kappa shape index (κ3) is 5.39. The zero-order chi connectivity index (χ0) is 23.5. The highest BCUT2D eigenvalue weighted by atomic mass is 15.0. The molecule has 0 amide bonds. The number of nitrogens with zero attached hydrogens (tertiary/aromatic N) is 3. The molecule has 6 nitrogen and oxygen atoms in total. The molecule has 3 N–H and O–H groups in total. The molecule has 4 aromatic rings. The fraction of sp³-hybridized carbons (Fsp3) is 0.276. The number of aromatic nitrogens is 3. The molecule has 6 heteroatoms. The second-order valence-corrected chi connectivity index (χ2v) is 9.49. The minimum absolute atomic E-state index is 0.525. The lowest BCUT2D eigenvalue weighted by molar-refractivity contribution is 0.547. The van der Waals surface area contributed by atoms with Gasteiger partial charge in [0.15, 0.2) is 0 Å². The summed E-state index contributed by atoms with van der Waals surface area (Å²) in [6.07, 6.45) is 9.27. The second kappa shape index (κ2) is 9.94. The molecule has 4 heterocycles. The standard InChI is InChI=1S/C29H30N6/c1-2-11-32-27(3-1)28-14-22(15-29(35-28)34-25-8-9-25)24-13-23(17-31-18-24)21-6-4-20(5-7-21)16-33-26-10-12-30-19-26/h1-7,11,13-15,17-18,25-26,30,33H,8-10,12,16,19H2,(H,34,35). The predicted molar refractivity (Wildman–Crippen MR) is 141 cm³/mol. The van der Waals surface area contributed by atoms with Gasteiger partial charge in [-0.15, -0.1) is 0 Å².